The Morgan fingerprint density at radius 3 is 2.90 bits per heavy atom. The number of amides is 1. The van der Waals surface area contributed by atoms with Crippen LogP contribution in [0.15, 0.2) is 18.2 Å². The van der Waals surface area contributed by atoms with Crippen molar-refractivity contribution in [3.05, 3.63) is 23.8 Å². The summed E-state index contributed by atoms with van der Waals surface area (Å²) in [6.07, 6.45) is 2.22. The fourth-order valence-corrected chi connectivity index (χ4v) is 2.18. The van der Waals surface area contributed by atoms with Gasteiger partial charge >= 0.3 is 0 Å². The molecule has 110 valence electrons. The zero-order chi connectivity index (χ0) is 14.4. The van der Waals surface area contributed by atoms with Gasteiger partial charge in [-0.3, -0.25) is 4.79 Å². The maximum absolute atomic E-state index is 11.7. The Bertz CT molecular complexity index is 462. The van der Waals surface area contributed by atoms with Gasteiger partial charge in [-0.15, -0.1) is 0 Å². The van der Waals surface area contributed by atoms with Gasteiger partial charge < -0.3 is 20.1 Å². The zero-order valence-electron chi connectivity index (χ0n) is 12.1. The highest BCUT2D eigenvalue weighted by Crippen LogP contribution is 2.33. The summed E-state index contributed by atoms with van der Waals surface area (Å²) in [5.74, 6) is 0.724. The second-order valence-electron chi connectivity index (χ2n) is 4.77. The van der Waals surface area contributed by atoms with Gasteiger partial charge in [0.1, 0.15) is 18.4 Å². The molecule has 0 spiro atoms. The van der Waals surface area contributed by atoms with Crippen molar-refractivity contribution in [3.8, 4) is 5.75 Å². The number of carbonyl (C=O) groups excluding carboxylic acids is 1. The molecule has 1 atom stereocenters. The molecule has 2 N–H and O–H groups in total. The predicted octanol–water partition coefficient (Wildman–Crippen LogP) is 2.09. The molecule has 0 radical (unpaired) electrons. The van der Waals surface area contributed by atoms with Gasteiger partial charge in [-0.2, -0.15) is 0 Å². The first-order chi connectivity index (χ1) is 9.76. The van der Waals surface area contributed by atoms with Crippen molar-refractivity contribution in [2.45, 2.75) is 25.8 Å². The maximum atomic E-state index is 11.7. The van der Waals surface area contributed by atoms with E-state index in [2.05, 4.69) is 17.6 Å². The van der Waals surface area contributed by atoms with Gasteiger partial charge in [0.25, 0.3) is 0 Å². The highest BCUT2D eigenvalue weighted by Gasteiger charge is 2.29. The number of anilines is 1. The van der Waals surface area contributed by atoms with E-state index in [1.165, 1.54) is 0 Å². The Morgan fingerprint density at radius 2 is 2.15 bits per heavy atom. The molecular weight excluding hydrogens is 256 g/mol. The Hall–Kier alpha value is -1.59. The number of ether oxygens (including phenoxy) is 2. The minimum absolute atomic E-state index is 0.0254. The second kappa shape index (κ2) is 7.26. The normalized spacial score (nSPS) is 16.9. The lowest BCUT2D eigenvalue weighted by molar-refractivity contribution is -0.117. The summed E-state index contributed by atoms with van der Waals surface area (Å²) in [5.41, 5.74) is 1.78. The molecule has 1 unspecified atom stereocenters. The summed E-state index contributed by atoms with van der Waals surface area (Å²) < 4.78 is 11.1. The Labute approximate surface area is 119 Å². The topological polar surface area (TPSA) is 59.6 Å². The fraction of sp³-hybridized carbons (Fsp3) is 0.533. The summed E-state index contributed by atoms with van der Waals surface area (Å²) in [7, 11) is 1.78. The first kappa shape index (κ1) is 14.8. The monoisotopic (exact) mass is 278 g/mol. The van der Waals surface area contributed by atoms with E-state index < -0.39 is 0 Å². The van der Waals surface area contributed by atoms with Crippen LogP contribution in [0.3, 0.4) is 0 Å². The molecule has 0 fully saturated rings. The molecule has 1 aliphatic heterocycles. The number of hydrogen-bond donors (Lipinski definition) is 2. The van der Waals surface area contributed by atoms with Crippen LogP contribution in [0.25, 0.3) is 0 Å². The molecule has 1 heterocycles. The molecule has 20 heavy (non-hydrogen) atoms. The minimum Gasteiger partial charge on any atom is -0.491 e. The molecule has 5 nitrogen and oxygen atoms in total. The summed E-state index contributed by atoms with van der Waals surface area (Å²) >= 11 is 0. The van der Waals surface area contributed by atoms with Crippen LogP contribution in [0, 0.1) is 0 Å². The van der Waals surface area contributed by atoms with Crippen LogP contribution in [0.5, 0.6) is 5.75 Å². The van der Waals surface area contributed by atoms with Crippen LogP contribution in [0.2, 0.25) is 0 Å². The van der Waals surface area contributed by atoms with E-state index in [0.29, 0.717) is 13.2 Å². The van der Waals surface area contributed by atoms with E-state index in [9.17, 15) is 4.79 Å². The average Bonchev–Trinajstić information content (AvgIpc) is 2.77. The first-order valence-electron chi connectivity index (χ1n) is 7.09. The summed E-state index contributed by atoms with van der Waals surface area (Å²) in [5, 5.41) is 5.83. The number of benzene rings is 1. The standard InChI is InChI=1S/C15H22N2O3/c1-3-4-7-19-8-9-20-11-5-6-12-13(10-11)17-15(18)14(12)16-2/h5-6,10,14,16H,3-4,7-9H2,1-2H3,(H,17,18). The van der Waals surface area contributed by atoms with E-state index in [4.69, 9.17) is 9.47 Å². The highest BCUT2D eigenvalue weighted by molar-refractivity contribution is 6.02. The number of fused-ring (bicyclic) bond motifs is 1. The van der Waals surface area contributed by atoms with Crippen molar-refractivity contribution < 1.29 is 14.3 Å². The molecule has 1 amide bonds. The summed E-state index contributed by atoms with van der Waals surface area (Å²) in [4.78, 5) is 11.7. The number of hydrogen-bond acceptors (Lipinski definition) is 4. The molecule has 5 heteroatoms. The molecule has 0 aliphatic carbocycles. The van der Waals surface area contributed by atoms with Crippen LogP contribution >= 0.6 is 0 Å². The maximum Gasteiger partial charge on any atom is 0.246 e. The SMILES string of the molecule is CCCCOCCOc1ccc2c(c1)NC(=O)C2NC. The predicted molar refractivity (Wildman–Crippen MR) is 78.1 cm³/mol. The Morgan fingerprint density at radius 1 is 1.30 bits per heavy atom. The van der Waals surface area contributed by atoms with Crippen molar-refractivity contribution in [2.75, 3.05) is 32.2 Å². The van der Waals surface area contributed by atoms with E-state index >= 15 is 0 Å². The lowest BCUT2D eigenvalue weighted by atomic mass is 10.1. The van der Waals surface area contributed by atoms with Crippen molar-refractivity contribution >= 4 is 11.6 Å². The van der Waals surface area contributed by atoms with Crippen LogP contribution in [-0.2, 0) is 9.53 Å². The fourth-order valence-electron chi connectivity index (χ4n) is 2.18. The third-order valence-electron chi connectivity index (χ3n) is 3.28. The molecule has 1 aromatic carbocycles. The van der Waals surface area contributed by atoms with E-state index in [1.54, 1.807) is 7.05 Å². The van der Waals surface area contributed by atoms with Crippen molar-refractivity contribution in [1.29, 1.82) is 0 Å². The molecule has 0 saturated carbocycles. The van der Waals surface area contributed by atoms with Gasteiger partial charge in [-0.25, -0.2) is 0 Å². The summed E-state index contributed by atoms with van der Waals surface area (Å²) in [6.45, 7) is 4.02. The third kappa shape index (κ3) is 3.49. The number of unbranched alkanes of at least 4 members (excludes halogenated alkanes) is 1. The van der Waals surface area contributed by atoms with Crippen molar-refractivity contribution in [2.24, 2.45) is 0 Å². The Kier molecular flexibility index (Phi) is 5.38. The highest BCUT2D eigenvalue weighted by atomic mass is 16.5. The van der Waals surface area contributed by atoms with Gasteiger partial charge in [-0.05, 0) is 19.5 Å². The van der Waals surface area contributed by atoms with Gasteiger partial charge in [0.05, 0.1) is 6.61 Å². The molecule has 0 aromatic heterocycles. The van der Waals surface area contributed by atoms with Gasteiger partial charge in [0.2, 0.25) is 5.91 Å². The van der Waals surface area contributed by atoms with Crippen LogP contribution in [0.4, 0.5) is 5.69 Å². The largest absolute Gasteiger partial charge is 0.491 e. The molecule has 1 aromatic rings. The van der Waals surface area contributed by atoms with Crippen LogP contribution in [-0.4, -0.2) is 32.8 Å². The number of rotatable bonds is 8. The minimum atomic E-state index is -0.267. The van der Waals surface area contributed by atoms with Gasteiger partial charge in [0.15, 0.2) is 0 Å². The van der Waals surface area contributed by atoms with Gasteiger partial charge in [-0.1, -0.05) is 19.4 Å². The quantitative estimate of drug-likeness (QED) is 0.715. The van der Waals surface area contributed by atoms with Gasteiger partial charge in [0, 0.05) is 23.9 Å². The molecule has 0 bridgehead atoms. The van der Waals surface area contributed by atoms with Crippen LogP contribution < -0.4 is 15.4 Å². The molecule has 1 aliphatic rings. The molecule has 2 rings (SSSR count). The average molecular weight is 278 g/mol. The van der Waals surface area contributed by atoms with E-state index in [-0.39, 0.29) is 11.9 Å². The lowest BCUT2D eigenvalue weighted by Crippen LogP contribution is -2.23. The number of carbonyl (C=O) groups is 1. The lowest BCUT2D eigenvalue weighted by Gasteiger charge is -2.09. The zero-order valence-corrected chi connectivity index (χ0v) is 12.1. The van der Waals surface area contributed by atoms with Crippen molar-refractivity contribution in [1.82, 2.24) is 5.32 Å². The Balaban J connectivity index is 1.83. The third-order valence-corrected chi connectivity index (χ3v) is 3.28. The smallest absolute Gasteiger partial charge is 0.246 e. The summed E-state index contributed by atoms with van der Waals surface area (Å²) in [6, 6.07) is 5.39. The second-order valence-corrected chi connectivity index (χ2v) is 4.77. The molecule has 0 saturated heterocycles. The van der Waals surface area contributed by atoms with Crippen LogP contribution in [0.1, 0.15) is 31.4 Å². The van der Waals surface area contributed by atoms with E-state index in [1.807, 2.05) is 18.2 Å². The van der Waals surface area contributed by atoms with Crippen molar-refractivity contribution in [3.63, 3.8) is 0 Å². The number of likely N-dealkylation sites (N-methyl/N-ethyl adjacent to an activating group) is 1. The number of nitrogens with one attached hydrogen (secondary N) is 2. The van der Waals surface area contributed by atoms with E-state index in [0.717, 1.165) is 36.4 Å². The molecular formula is C15H22N2O3. The first-order valence-corrected chi connectivity index (χ1v) is 7.09.